The molecule has 0 bridgehead atoms. The Balaban J connectivity index is 1.69. The number of carbonyl (C=O) groups excluding carboxylic acids is 1. The van der Waals surface area contributed by atoms with Crippen molar-refractivity contribution in [3.8, 4) is 5.75 Å². The standard InChI is InChI=1S/C18H18BrN3O4/c1-26-15-5-2-13(3-6-15)18(23)21-10-8-20(9-11-21)16-7-4-14(19)12-17(16)22(24)25/h2-7,12H,8-11H2,1H3. The number of hydrogen-bond acceptors (Lipinski definition) is 5. The Morgan fingerprint density at radius 3 is 2.35 bits per heavy atom. The summed E-state index contributed by atoms with van der Waals surface area (Å²) in [6.45, 7) is 2.12. The molecular formula is C18H18BrN3O4. The number of carbonyl (C=O) groups is 1. The Kier molecular flexibility index (Phi) is 5.41. The van der Waals surface area contributed by atoms with Gasteiger partial charge in [-0.25, -0.2) is 0 Å². The Morgan fingerprint density at radius 1 is 1.12 bits per heavy atom. The van der Waals surface area contributed by atoms with Gasteiger partial charge in [-0.05, 0) is 36.4 Å². The molecule has 0 aromatic heterocycles. The predicted octanol–water partition coefficient (Wildman–Crippen LogP) is 3.33. The molecule has 8 heteroatoms. The van der Waals surface area contributed by atoms with Crippen molar-refractivity contribution in [2.45, 2.75) is 0 Å². The SMILES string of the molecule is COc1ccc(C(=O)N2CCN(c3ccc(Br)cc3[N+](=O)[O-])CC2)cc1. The van der Waals surface area contributed by atoms with Crippen LogP contribution >= 0.6 is 15.9 Å². The summed E-state index contributed by atoms with van der Waals surface area (Å²) < 4.78 is 5.77. The monoisotopic (exact) mass is 419 g/mol. The van der Waals surface area contributed by atoms with Crippen molar-refractivity contribution >= 4 is 33.2 Å². The number of rotatable bonds is 4. The van der Waals surface area contributed by atoms with E-state index in [-0.39, 0.29) is 16.5 Å². The van der Waals surface area contributed by atoms with E-state index in [0.717, 1.165) is 0 Å². The maximum absolute atomic E-state index is 12.6. The van der Waals surface area contributed by atoms with Crippen LogP contribution in [0.4, 0.5) is 11.4 Å². The number of nitrogens with zero attached hydrogens (tertiary/aromatic N) is 3. The van der Waals surface area contributed by atoms with Gasteiger partial charge in [-0.1, -0.05) is 15.9 Å². The van der Waals surface area contributed by atoms with E-state index in [1.54, 1.807) is 48.4 Å². The van der Waals surface area contributed by atoms with Crippen molar-refractivity contribution in [3.05, 3.63) is 62.6 Å². The van der Waals surface area contributed by atoms with Crippen LogP contribution in [0.5, 0.6) is 5.75 Å². The molecule has 0 spiro atoms. The minimum Gasteiger partial charge on any atom is -0.497 e. The zero-order valence-corrected chi connectivity index (χ0v) is 15.8. The van der Waals surface area contributed by atoms with Gasteiger partial charge in [0.25, 0.3) is 11.6 Å². The molecule has 136 valence electrons. The predicted molar refractivity (Wildman–Crippen MR) is 102 cm³/mol. The maximum atomic E-state index is 12.6. The minimum absolute atomic E-state index is 0.0439. The molecule has 3 rings (SSSR count). The van der Waals surface area contributed by atoms with Gasteiger partial charge >= 0.3 is 0 Å². The summed E-state index contributed by atoms with van der Waals surface area (Å²) in [5.74, 6) is 0.659. The van der Waals surface area contributed by atoms with Gasteiger partial charge in [0.05, 0.1) is 12.0 Å². The van der Waals surface area contributed by atoms with Crippen LogP contribution in [0.15, 0.2) is 46.9 Å². The van der Waals surface area contributed by atoms with E-state index in [2.05, 4.69) is 15.9 Å². The molecule has 0 unspecified atom stereocenters. The Morgan fingerprint density at radius 2 is 1.77 bits per heavy atom. The molecule has 0 saturated carbocycles. The van der Waals surface area contributed by atoms with Gasteiger partial charge in [-0.15, -0.1) is 0 Å². The van der Waals surface area contributed by atoms with Gasteiger partial charge in [-0.2, -0.15) is 0 Å². The molecule has 1 saturated heterocycles. The highest BCUT2D eigenvalue weighted by atomic mass is 79.9. The molecule has 0 aliphatic carbocycles. The van der Waals surface area contributed by atoms with E-state index in [1.165, 1.54) is 6.07 Å². The second-order valence-electron chi connectivity index (χ2n) is 5.90. The Bertz CT molecular complexity index is 818. The lowest BCUT2D eigenvalue weighted by Gasteiger charge is -2.35. The normalized spacial score (nSPS) is 14.2. The highest BCUT2D eigenvalue weighted by Gasteiger charge is 2.26. The fourth-order valence-corrected chi connectivity index (χ4v) is 3.33. The molecule has 2 aromatic carbocycles. The largest absolute Gasteiger partial charge is 0.497 e. The van der Waals surface area contributed by atoms with E-state index in [9.17, 15) is 14.9 Å². The van der Waals surface area contributed by atoms with Gasteiger partial charge < -0.3 is 14.5 Å². The van der Waals surface area contributed by atoms with Gasteiger partial charge in [0.2, 0.25) is 0 Å². The number of amides is 1. The van der Waals surface area contributed by atoms with Crippen molar-refractivity contribution < 1.29 is 14.5 Å². The first-order chi connectivity index (χ1) is 12.5. The molecule has 2 aromatic rings. The average Bonchev–Trinajstić information content (AvgIpc) is 2.67. The van der Waals surface area contributed by atoms with Crippen LogP contribution in [0.3, 0.4) is 0 Å². The Hall–Kier alpha value is -2.61. The van der Waals surface area contributed by atoms with Crippen molar-refractivity contribution in [3.63, 3.8) is 0 Å². The van der Waals surface area contributed by atoms with Crippen LogP contribution in [0.1, 0.15) is 10.4 Å². The highest BCUT2D eigenvalue weighted by molar-refractivity contribution is 9.10. The van der Waals surface area contributed by atoms with Crippen LogP contribution in [-0.2, 0) is 0 Å². The molecule has 1 fully saturated rings. The summed E-state index contributed by atoms with van der Waals surface area (Å²) in [7, 11) is 1.58. The first kappa shape index (κ1) is 18.2. The summed E-state index contributed by atoms with van der Waals surface area (Å²) in [6, 6.07) is 12.0. The van der Waals surface area contributed by atoms with Crippen LogP contribution in [0, 0.1) is 10.1 Å². The molecule has 0 atom stereocenters. The van der Waals surface area contributed by atoms with E-state index in [4.69, 9.17) is 4.74 Å². The van der Waals surface area contributed by atoms with Crippen molar-refractivity contribution in [1.82, 2.24) is 4.90 Å². The molecule has 0 N–H and O–H groups in total. The lowest BCUT2D eigenvalue weighted by molar-refractivity contribution is -0.384. The second-order valence-corrected chi connectivity index (χ2v) is 6.81. The third-order valence-electron chi connectivity index (χ3n) is 4.38. The van der Waals surface area contributed by atoms with E-state index < -0.39 is 0 Å². The number of nitro benzene ring substituents is 1. The molecule has 1 aliphatic rings. The number of halogens is 1. The van der Waals surface area contributed by atoms with E-state index in [0.29, 0.717) is 47.7 Å². The van der Waals surface area contributed by atoms with Crippen LogP contribution in [0.25, 0.3) is 0 Å². The molecule has 1 amide bonds. The van der Waals surface area contributed by atoms with Gasteiger partial charge in [-0.3, -0.25) is 14.9 Å². The maximum Gasteiger partial charge on any atom is 0.293 e. The smallest absolute Gasteiger partial charge is 0.293 e. The summed E-state index contributed by atoms with van der Waals surface area (Å²) in [6.07, 6.45) is 0. The third-order valence-corrected chi connectivity index (χ3v) is 4.87. The zero-order valence-electron chi connectivity index (χ0n) is 14.2. The number of hydrogen-bond donors (Lipinski definition) is 0. The number of benzene rings is 2. The molecule has 0 radical (unpaired) electrons. The van der Waals surface area contributed by atoms with E-state index in [1.807, 2.05) is 4.90 Å². The molecular weight excluding hydrogens is 402 g/mol. The number of methoxy groups -OCH3 is 1. The van der Waals surface area contributed by atoms with Crippen LogP contribution in [0.2, 0.25) is 0 Å². The van der Waals surface area contributed by atoms with Crippen molar-refractivity contribution in [2.24, 2.45) is 0 Å². The van der Waals surface area contributed by atoms with Crippen molar-refractivity contribution in [2.75, 3.05) is 38.2 Å². The lowest BCUT2D eigenvalue weighted by atomic mass is 10.1. The second kappa shape index (κ2) is 7.74. The zero-order chi connectivity index (χ0) is 18.7. The Labute approximate surface area is 159 Å². The van der Waals surface area contributed by atoms with Crippen molar-refractivity contribution in [1.29, 1.82) is 0 Å². The van der Waals surface area contributed by atoms with Crippen LogP contribution in [-0.4, -0.2) is 49.0 Å². The number of piperazine rings is 1. The average molecular weight is 420 g/mol. The highest BCUT2D eigenvalue weighted by Crippen LogP contribution is 2.32. The number of nitro groups is 1. The summed E-state index contributed by atoms with van der Waals surface area (Å²) in [5, 5.41) is 11.3. The van der Waals surface area contributed by atoms with Gasteiger partial charge in [0.1, 0.15) is 11.4 Å². The number of ether oxygens (including phenoxy) is 1. The summed E-state index contributed by atoms with van der Waals surface area (Å²) in [4.78, 5) is 27.3. The third kappa shape index (κ3) is 3.80. The molecule has 26 heavy (non-hydrogen) atoms. The van der Waals surface area contributed by atoms with Gasteiger partial charge in [0.15, 0.2) is 0 Å². The van der Waals surface area contributed by atoms with Crippen LogP contribution < -0.4 is 9.64 Å². The molecule has 7 nitrogen and oxygen atoms in total. The fraction of sp³-hybridized carbons (Fsp3) is 0.278. The molecule has 1 aliphatic heterocycles. The fourth-order valence-electron chi connectivity index (χ4n) is 2.98. The number of anilines is 1. The molecule has 1 heterocycles. The minimum atomic E-state index is -0.380. The quantitative estimate of drug-likeness (QED) is 0.560. The van der Waals surface area contributed by atoms with Gasteiger partial charge in [0, 0.05) is 42.3 Å². The summed E-state index contributed by atoms with van der Waals surface area (Å²) >= 11 is 3.27. The lowest BCUT2D eigenvalue weighted by Crippen LogP contribution is -2.48. The summed E-state index contributed by atoms with van der Waals surface area (Å²) in [5.41, 5.74) is 1.25. The topological polar surface area (TPSA) is 75.9 Å². The first-order valence-electron chi connectivity index (χ1n) is 8.12. The first-order valence-corrected chi connectivity index (χ1v) is 8.91. The van der Waals surface area contributed by atoms with E-state index >= 15 is 0 Å².